The zero-order valence-electron chi connectivity index (χ0n) is 12.7. The summed E-state index contributed by atoms with van der Waals surface area (Å²) >= 11 is 0. The first kappa shape index (κ1) is 15.2. The van der Waals surface area contributed by atoms with Crippen molar-refractivity contribution in [1.82, 2.24) is 15.1 Å². The molecule has 3 rings (SSSR count). The molecule has 1 aliphatic carbocycles. The summed E-state index contributed by atoms with van der Waals surface area (Å²) in [6, 6.07) is 7.20. The Morgan fingerprint density at radius 2 is 2.00 bits per heavy atom. The predicted molar refractivity (Wildman–Crippen MR) is 82.8 cm³/mol. The molecule has 1 aromatic carbocycles. The Kier molecular flexibility index (Phi) is 4.10. The Hall–Kier alpha value is -2.70. The lowest BCUT2D eigenvalue weighted by Crippen LogP contribution is -2.31. The number of carbonyl (C=O) groups is 2. The van der Waals surface area contributed by atoms with Crippen molar-refractivity contribution >= 4 is 22.6 Å². The van der Waals surface area contributed by atoms with Gasteiger partial charge in [-0.15, -0.1) is 0 Å². The van der Waals surface area contributed by atoms with E-state index in [9.17, 15) is 14.4 Å². The Morgan fingerprint density at radius 3 is 2.70 bits per heavy atom. The Balaban J connectivity index is 1.70. The minimum absolute atomic E-state index is 0.0919. The van der Waals surface area contributed by atoms with E-state index in [-0.39, 0.29) is 30.5 Å². The van der Waals surface area contributed by atoms with Crippen LogP contribution in [0.2, 0.25) is 0 Å². The second kappa shape index (κ2) is 6.20. The van der Waals surface area contributed by atoms with Gasteiger partial charge in [0.05, 0.1) is 17.5 Å². The number of carbonyl (C=O) groups excluding carboxylic acids is 2. The van der Waals surface area contributed by atoms with Crippen LogP contribution in [0.25, 0.3) is 10.8 Å². The molecule has 1 aliphatic rings. The Morgan fingerprint density at radius 1 is 1.30 bits per heavy atom. The first-order valence-electron chi connectivity index (χ1n) is 7.44. The molecule has 2 aromatic rings. The third-order valence-electron chi connectivity index (χ3n) is 3.65. The third-order valence-corrected chi connectivity index (χ3v) is 3.65. The number of nitrogens with one attached hydrogen (secondary N) is 1. The predicted octanol–water partition coefficient (Wildman–Crippen LogP) is 0.298. The monoisotopic (exact) mass is 315 g/mol. The van der Waals surface area contributed by atoms with E-state index in [0.29, 0.717) is 16.5 Å². The van der Waals surface area contributed by atoms with Crippen LogP contribution in [0, 0.1) is 0 Å². The van der Waals surface area contributed by atoms with Gasteiger partial charge >= 0.3 is 5.97 Å². The molecule has 7 nitrogen and oxygen atoms in total. The summed E-state index contributed by atoms with van der Waals surface area (Å²) in [7, 11) is 1.53. The molecule has 0 bridgehead atoms. The van der Waals surface area contributed by atoms with Gasteiger partial charge in [0.15, 0.2) is 6.61 Å². The average molecular weight is 315 g/mol. The summed E-state index contributed by atoms with van der Waals surface area (Å²) in [5, 5.41) is 7.99. The smallest absolute Gasteiger partial charge is 0.312 e. The van der Waals surface area contributed by atoms with Crippen LogP contribution in [-0.4, -0.2) is 34.3 Å². The number of fused-ring (bicyclic) bond motifs is 1. The van der Waals surface area contributed by atoms with Gasteiger partial charge in [-0.3, -0.25) is 14.4 Å². The zero-order chi connectivity index (χ0) is 16.4. The van der Waals surface area contributed by atoms with Gasteiger partial charge in [-0.1, -0.05) is 18.2 Å². The van der Waals surface area contributed by atoms with Gasteiger partial charge in [0.2, 0.25) is 0 Å². The van der Waals surface area contributed by atoms with Gasteiger partial charge in [-0.2, -0.15) is 5.10 Å². The van der Waals surface area contributed by atoms with Crippen molar-refractivity contribution in [3.05, 3.63) is 40.3 Å². The molecule has 1 saturated carbocycles. The lowest BCUT2D eigenvalue weighted by molar-refractivity contribution is -0.148. The van der Waals surface area contributed by atoms with Crippen LogP contribution in [0.15, 0.2) is 29.1 Å². The number of aromatic nitrogens is 2. The van der Waals surface area contributed by atoms with Gasteiger partial charge in [0.25, 0.3) is 11.5 Å². The molecule has 120 valence electrons. The fraction of sp³-hybridized carbons (Fsp3) is 0.375. The second-order valence-electron chi connectivity index (χ2n) is 5.60. The second-order valence-corrected chi connectivity index (χ2v) is 5.60. The number of benzene rings is 1. The molecule has 0 radical (unpaired) electrons. The molecule has 1 aromatic heterocycles. The summed E-state index contributed by atoms with van der Waals surface area (Å²) in [4.78, 5) is 35.5. The van der Waals surface area contributed by atoms with E-state index in [2.05, 4.69) is 10.4 Å². The van der Waals surface area contributed by atoms with Crippen LogP contribution in [-0.2, 0) is 27.8 Å². The van der Waals surface area contributed by atoms with Gasteiger partial charge < -0.3 is 10.1 Å². The number of amides is 1. The fourth-order valence-electron chi connectivity index (χ4n) is 2.34. The van der Waals surface area contributed by atoms with Crippen molar-refractivity contribution in [2.75, 3.05) is 6.61 Å². The maximum atomic E-state index is 12.0. The number of esters is 1. The molecule has 7 heteroatoms. The number of ether oxygens (including phenoxy) is 1. The van der Waals surface area contributed by atoms with Crippen LogP contribution in [0.5, 0.6) is 0 Å². The first-order valence-corrected chi connectivity index (χ1v) is 7.44. The average Bonchev–Trinajstić information content (AvgIpc) is 3.34. The van der Waals surface area contributed by atoms with Crippen molar-refractivity contribution < 1.29 is 14.3 Å². The Bertz CT molecular complexity index is 824. The molecular weight excluding hydrogens is 298 g/mol. The molecule has 1 N–H and O–H groups in total. The summed E-state index contributed by atoms with van der Waals surface area (Å²) in [6.45, 7) is -0.293. The van der Waals surface area contributed by atoms with Gasteiger partial charge in [-0.25, -0.2) is 4.68 Å². The highest BCUT2D eigenvalue weighted by Crippen LogP contribution is 2.18. The number of nitrogens with zero attached hydrogens (tertiary/aromatic N) is 2. The lowest BCUT2D eigenvalue weighted by Gasteiger charge is -2.08. The van der Waals surface area contributed by atoms with Crippen molar-refractivity contribution in [2.45, 2.75) is 25.3 Å². The molecule has 1 heterocycles. The summed E-state index contributed by atoms with van der Waals surface area (Å²) in [5.41, 5.74) is 0.233. The molecule has 1 amide bonds. The summed E-state index contributed by atoms with van der Waals surface area (Å²) < 4.78 is 6.18. The standard InChI is InChI=1S/C16H17N3O4/c1-19-16(22)12-5-3-2-4-11(12)13(18-19)8-15(21)23-9-14(20)17-10-6-7-10/h2-5,10H,6-9H2,1H3,(H,17,20). The van der Waals surface area contributed by atoms with E-state index in [1.54, 1.807) is 24.3 Å². The van der Waals surface area contributed by atoms with E-state index in [1.165, 1.54) is 11.7 Å². The lowest BCUT2D eigenvalue weighted by atomic mass is 10.1. The summed E-state index contributed by atoms with van der Waals surface area (Å²) in [6.07, 6.45) is 1.87. The van der Waals surface area contributed by atoms with E-state index < -0.39 is 5.97 Å². The normalized spacial score (nSPS) is 13.8. The zero-order valence-corrected chi connectivity index (χ0v) is 12.7. The number of rotatable bonds is 5. The maximum absolute atomic E-state index is 12.0. The van der Waals surface area contributed by atoms with Gasteiger partial charge in [-0.05, 0) is 18.9 Å². The first-order chi connectivity index (χ1) is 11.0. The van der Waals surface area contributed by atoms with Crippen LogP contribution in [0.3, 0.4) is 0 Å². The van der Waals surface area contributed by atoms with Crippen LogP contribution < -0.4 is 10.9 Å². The molecular formula is C16H17N3O4. The number of hydrogen-bond acceptors (Lipinski definition) is 5. The molecule has 1 fully saturated rings. The number of hydrogen-bond donors (Lipinski definition) is 1. The topological polar surface area (TPSA) is 90.3 Å². The molecule has 0 spiro atoms. The van der Waals surface area contributed by atoms with Crippen molar-refractivity contribution in [2.24, 2.45) is 7.05 Å². The SMILES string of the molecule is Cn1nc(CC(=O)OCC(=O)NC2CC2)c2ccccc2c1=O. The quantitative estimate of drug-likeness (QED) is 0.801. The van der Waals surface area contributed by atoms with Crippen LogP contribution in [0.4, 0.5) is 0 Å². The van der Waals surface area contributed by atoms with E-state index in [1.807, 2.05) is 0 Å². The molecule has 0 atom stereocenters. The molecule has 0 unspecified atom stereocenters. The van der Waals surface area contributed by atoms with Gasteiger partial charge in [0, 0.05) is 18.5 Å². The molecule has 23 heavy (non-hydrogen) atoms. The fourth-order valence-corrected chi connectivity index (χ4v) is 2.34. The Labute approximate surface area is 132 Å². The van der Waals surface area contributed by atoms with E-state index in [4.69, 9.17) is 4.74 Å². The van der Waals surface area contributed by atoms with Crippen molar-refractivity contribution in [3.63, 3.8) is 0 Å². The van der Waals surface area contributed by atoms with Crippen LogP contribution >= 0.6 is 0 Å². The van der Waals surface area contributed by atoms with Crippen molar-refractivity contribution in [1.29, 1.82) is 0 Å². The highest BCUT2D eigenvalue weighted by molar-refractivity contribution is 5.87. The third kappa shape index (κ3) is 3.56. The summed E-state index contributed by atoms with van der Waals surface area (Å²) in [5.74, 6) is -0.841. The molecule has 0 saturated heterocycles. The maximum Gasteiger partial charge on any atom is 0.312 e. The van der Waals surface area contributed by atoms with E-state index >= 15 is 0 Å². The largest absolute Gasteiger partial charge is 0.455 e. The van der Waals surface area contributed by atoms with Crippen molar-refractivity contribution in [3.8, 4) is 0 Å². The van der Waals surface area contributed by atoms with Crippen LogP contribution in [0.1, 0.15) is 18.5 Å². The molecule has 0 aliphatic heterocycles. The van der Waals surface area contributed by atoms with Gasteiger partial charge in [0.1, 0.15) is 0 Å². The minimum Gasteiger partial charge on any atom is -0.455 e. The van der Waals surface area contributed by atoms with E-state index in [0.717, 1.165) is 12.8 Å². The highest BCUT2D eigenvalue weighted by Gasteiger charge is 2.23. The highest BCUT2D eigenvalue weighted by atomic mass is 16.5. The minimum atomic E-state index is -0.549. The number of aryl methyl sites for hydroxylation is 1.